The van der Waals surface area contributed by atoms with Gasteiger partial charge in [-0.1, -0.05) is 22.0 Å². The van der Waals surface area contributed by atoms with Crippen LogP contribution in [0.2, 0.25) is 0 Å². The summed E-state index contributed by atoms with van der Waals surface area (Å²) >= 11 is 3.54. The van der Waals surface area contributed by atoms with Crippen LogP contribution in [0.15, 0.2) is 24.5 Å². The predicted molar refractivity (Wildman–Crippen MR) is 86.1 cm³/mol. The van der Waals surface area contributed by atoms with E-state index in [0.717, 1.165) is 22.4 Å². The van der Waals surface area contributed by atoms with E-state index in [0.29, 0.717) is 19.5 Å². The lowest BCUT2D eigenvalue weighted by atomic mass is 10.2. The summed E-state index contributed by atoms with van der Waals surface area (Å²) in [6, 6.07) is 6.19. The number of halogens is 1. The van der Waals surface area contributed by atoms with Crippen LogP contribution in [0.4, 0.5) is 5.82 Å². The molecule has 2 heterocycles. The Morgan fingerprint density at radius 2 is 2.29 bits per heavy atom. The molecule has 5 nitrogen and oxygen atoms in total. The average molecular weight is 348 g/mol. The van der Waals surface area contributed by atoms with Gasteiger partial charge in [-0.05, 0) is 18.6 Å². The number of nitriles is 1. The zero-order chi connectivity index (χ0) is 15.2. The van der Waals surface area contributed by atoms with E-state index < -0.39 is 0 Å². The van der Waals surface area contributed by atoms with Crippen LogP contribution in [-0.4, -0.2) is 21.3 Å². The third-order valence-electron chi connectivity index (χ3n) is 3.34. The van der Waals surface area contributed by atoms with Gasteiger partial charge in [-0.3, -0.25) is 9.67 Å². The molecule has 0 spiro atoms. The number of pyridine rings is 1. The van der Waals surface area contributed by atoms with Crippen LogP contribution in [-0.2, 0) is 18.9 Å². The lowest BCUT2D eigenvalue weighted by Gasteiger charge is -2.25. The fourth-order valence-electron chi connectivity index (χ4n) is 2.40. The number of rotatable bonds is 6. The van der Waals surface area contributed by atoms with Crippen molar-refractivity contribution in [3.05, 3.63) is 41.3 Å². The minimum atomic E-state index is 0.478. The summed E-state index contributed by atoms with van der Waals surface area (Å²) in [7, 11) is 1.94. The number of hydrogen-bond acceptors (Lipinski definition) is 4. The monoisotopic (exact) mass is 347 g/mol. The molecule has 0 atom stereocenters. The molecule has 2 rings (SSSR count). The van der Waals surface area contributed by atoms with Crippen molar-refractivity contribution in [3.63, 3.8) is 0 Å². The van der Waals surface area contributed by atoms with Crippen molar-refractivity contribution < 1.29 is 0 Å². The summed E-state index contributed by atoms with van der Waals surface area (Å²) in [4.78, 5) is 6.35. The normalized spacial score (nSPS) is 10.4. The standard InChI is InChI=1S/C15H18BrN5/c1-12-14(9-16)15(20(2)19-12)21(8-4-6-17)11-13-5-3-7-18-10-13/h3,5,7,10H,4,8-9,11H2,1-2H3. The Kier molecular flexibility index (Phi) is 5.34. The molecule has 0 aliphatic rings. The molecule has 0 aliphatic carbocycles. The van der Waals surface area contributed by atoms with Crippen LogP contribution in [0.1, 0.15) is 23.2 Å². The van der Waals surface area contributed by atoms with Gasteiger partial charge in [0.25, 0.3) is 0 Å². The topological polar surface area (TPSA) is 57.7 Å². The largest absolute Gasteiger partial charge is 0.351 e. The fourth-order valence-corrected chi connectivity index (χ4v) is 3.06. The van der Waals surface area contributed by atoms with Gasteiger partial charge < -0.3 is 4.90 Å². The zero-order valence-electron chi connectivity index (χ0n) is 12.3. The molecule has 6 heteroatoms. The molecular formula is C15H18BrN5. The number of hydrogen-bond donors (Lipinski definition) is 0. The average Bonchev–Trinajstić information content (AvgIpc) is 2.78. The van der Waals surface area contributed by atoms with Gasteiger partial charge in [-0.15, -0.1) is 0 Å². The highest BCUT2D eigenvalue weighted by Crippen LogP contribution is 2.27. The van der Waals surface area contributed by atoms with Crippen LogP contribution in [0, 0.1) is 18.3 Å². The highest BCUT2D eigenvalue weighted by molar-refractivity contribution is 9.08. The first-order valence-corrected chi connectivity index (χ1v) is 7.88. The molecule has 110 valence electrons. The first kappa shape index (κ1) is 15.5. The van der Waals surface area contributed by atoms with Gasteiger partial charge >= 0.3 is 0 Å². The number of alkyl halides is 1. The van der Waals surface area contributed by atoms with Crippen molar-refractivity contribution in [1.82, 2.24) is 14.8 Å². The number of aryl methyl sites for hydroxylation is 2. The van der Waals surface area contributed by atoms with Crippen molar-refractivity contribution in [2.75, 3.05) is 11.4 Å². The highest BCUT2D eigenvalue weighted by Gasteiger charge is 2.18. The molecule has 2 aromatic rings. The van der Waals surface area contributed by atoms with E-state index in [2.05, 4.69) is 37.0 Å². The number of nitrogens with zero attached hydrogens (tertiary/aromatic N) is 5. The Balaban J connectivity index is 2.34. The second-order valence-electron chi connectivity index (χ2n) is 4.84. The summed E-state index contributed by atoms with van der Waals surface area (Å²) < 4.78 is 1.89. The summed E-state index contributed by atoms with van der Waals surface area (Å²) in [5, 5.41) is 14.2. The Hall–Kier alpha value is -1.87. The van der Waals surface area contributed by atoms with Crippen molar-refractivity contribution >= 4 is 21.7 Å². The lowest BCUT2D eigenvalue weighted by molar-refractivity contribution is 0.694. The van der Waals surface area contributed by atoms with Crippen LogP contribution in [0.3, 0.4) is 0 Å². The van der Waals surface area contributed by atoms with Gasteiger partial charge in [-0.25, -0.2) is 0 Å². The second kappa shape index (κ2) is 7.23. The third kappa shape index (κ3) is 3.61. The zero-order valence-corrected chi connectivity index (χ0v) is 13.8. The maximum absolute atomic E-state index is 8.91. The number of anilines is 1. The maximum Gasteiger partial charge on any atom is 0.131 e. The predicted octanol–water partition coefficient (Wildman–Crippen LogP) is 2.94. The Labute approximate surface area is 133 Å². The molecule has 0 aromatic carbocycles. The van der Waals surface area contributed by atoms with E-state index in [1.54, 1.807) is 6.20 Å². The minimum absolute atomic E-state index is 0.478. The quantitative estimate of drug-likeness (QED) is 0.753. The summed E-state index contributed by atoms with van der Waals surface area (Å²) in [5.74, 6) is 1.06. The molecule has 0 saturated heterocycles. The highest BCUT2D eigenvalue weighted by atomic mass is 79.9. The Bertz CT molecular complexity index is 630. The Morgan fingerprint density at radius 1 is 1.48 bits per heavy atom. The summed E-state index contributed by atoms with van der Waals surface area (Å²) in [6.07, 6.45) is 4.10. The van der Waals surface area contributed by atoms with Gasteiger partial charge in [0.05, 0.1) is 18.2 Å². The maximum atomic E-state index is 8.91. The van der Waals surface area contributed by atoms with E-state index in [1.165, 1.54) is 5.56 Å². The van der Waals surface area contributed by atoms with Gasteiger partial charge in [0.15, 0.2) is 0 Å². The van der Waals surface area contributed by atoms with Gasteiger partial charge in [0.2, 0.25) is 0 Å². The molecule has 0 fully saturated rings. The van der Waals surface area contributed by atoms with Crippen molar-refractivity contribution in [2.24, 2.45) is 7.05 Å². The van der Waals surface area contributed by atoms with Gasteiger partial charge in [0, 0.05) is 43.4 Å². The smallest absolute Gasteiger partial charge is 0.131 e. The van der Waals surface area contributed by atoms with E-state index in [9.17, 15) is 0 Å². The van der Waals surface area contributed by atoms with Crippen molar-refractivity contribution in [2.45, 2.75) is 25.2 Å². The molecule has 0 N–H and O–H groups in total. The third-order valence-corrected chi connectivity index (χ3v) is 3.90. The van der Waals surface area contributed by atoms with Crippen LogP contribution < -0.4 is 4.90 Å². The van der Waals surface area contributed by atoms with E-state index >= 15 is 0 Å². The lowest BCUT2D eigenvalue weighted by Crippen LogP contribution is -2.27. The number of aromatic nitrogens is 3. The fraction of sp³-hybridized carbons (Fsp3) is 0.400. The molecule has 0 radical (unpaired) electrons. The molecule has 0 saturated carbocycles. The molecule has 0 unspecified atom stereocenters. The van der Waals surface area contributed by atoms with Crippen molar-refractivity contribution in [1.29, 1.82) is 5.26 Å². The van der Waals surface area contributed by atoms with Crippen molar-refractivity contribution in [3.8, 4) is 6.07 Å². The van der Waals surface area contributed by atoms with Gasteiger partial charge in [-0.2, -0.15) is 10.4 Å². The molecule has 0 aliphatic heterocycles. The van der Waals surface area contributed by atoms with Gasteiger partial charge in [0.1, 0.15) is 5.82 Å². The molecule has 21 heavy (non-hydrogen) atoms. The first-order chi connectivity index (χ1) is 10.2. The summed E-state index contributed by atoms with van der Waals surface area (Å²) in [6.45, 7) is 3.39. The van der Waals surface area contributed by atoms with Crippen LogP contribution in [0.5, 0.6) is 0 Å². The SMILES string of the molecule is Cc1nn(C)c(N(CCC#N)Cc2cccnc2)c1CBr. The minimum Gasteiger partial charge on any atom is -0.351 e. The summed E-state index contributed by atoms with van der Waals surface area (Å²) in [5.41, 5.74) is 3.30. The molecule has 2 aromatic heterocycles. The molecular weight excluding hydrogens is 330 g/mol. The van der Waals surface area contributed by atoms with E-state index in [1.807, 2.05) is 37.0 Å². The molecule has 0 amide bonds. The molecule has 0 bridgehead atoms. The van der Waals surface area contributed by atoms with Crippen LogP contribution >= 0.6 is 15.9 Å². The van der Waals surface area contributed by atoms with E-state index in [-0.39, 0.29) is 0 Å². The first-order valence-electron chi connectivity index (χ1n) is 6.76. The van der Waals surface area contributed by atoms with E-state index in [4.69, 9.17) is 5.26 Å². The second-order valence-corrected chi connectivity index (χ2v) is 5.40. The Morgan fingerprint density at radius 3 is 2.90 bits per heavy atom. The van der Waals surface area contributed by atoms with Crippen LogP contribution in [0.25, 0.3) is 0 Å².